The normalized spacial score (nSPS) is 17.2. The van der Waals surface area contributed by atoms with Crippen molar-refractivity contribution in [1.29, 1.82) is 5.26 Å². The first-order valence-corrected chi connectivity index (χ1v) is 14.1. The Balaban J connectivity index is 1.23. The summed E-state index contributed by atoms with van der Waals surface area (Å²) in [6, 6.07) is 25.1. The van der Waals surface area contributed by atoms with Crippen molar-refractivity contribution in [3.8, 4) is 22.9 Å². The molecule has 0 aliphatic heterocycles. The summed E-state index contributed by atoms with van der Waals surface area (Å²) in [5, 5.41) is 8.96. The number of nitriles is 1. The molecule has 1 aliphatic carbocycles. The predicted molar refractivity (Wildman–Crippen MR) is 151 cm³/mol. The summed E-state index contributed by atoms with van der Waals surface area (Å²) >= 11 is 0. The molecule has 4 rings (SSSR count). The first kappa shape index (κ1) is 26.7. The molecule has 0 amide bonds. The largest absolute Gasteiger partial charge is 0.423 e. The second-order valence-electron chi connectivity index (χ2n) is 10.5. The number of rotatable bonds is 11. The van der Waals surface area contributed by atoms with Gasteiger partial charge in [-0.25, -0.2) is 4.79 Å². The van der Waals surface area contributed by atoms with E-state index in [1.165, 1.54) is 76.2 Å². The molecular formula is C34H39NO2. The first-order chi connectivity index (χ1) is 18.2. The van der Waals surface area contributed by atoms with Crippen LogP contribution in [0.1, 0.15) is 105 Å². The Kier molecular flexibility index (Phi) is 9.95. The van der Waals surface area contributed by atoms with E-state index in [0.29, 0.717) is 22.8 Å². The van der Waals surface area contributed by atoms with E-state index in [1.807, 2.05) is 48.5 Å². The average molecular weight is 494 g/mol. The van der Waals surface area contributed by atoms with Crippen LogP contribution >= 0.6 is 0 Å². The fourth-order valence-corrected chi connectivity index (χ4v) is 5.51. The minimum absolute atomic E-state index is 0.333. The summed E-state index contributed by atoms with van der Waals surface area (Å²) in [5.41, 5.74) is 4.59. The first-order valence-electron chi connectivity index (χ1n) is 14.1. The molecule has 0 spiro atoms. The molecule has 0 aromatic heterocycles. The van der Waals surface area contributed by atoms with Gasteiger partial charge >= 0.3 is 5.97 Å². The summed E-state index contributed by atoms with van der Waals surface area (Å²) in [5.74, 6) is 1.70. The molecule has 1 saturated carbocycles. The molecule has 0 atom stereocenters. The standard InChI is InChI=1S/C34H39NO2/c1-2-3-4-5-6-7-8-26-9-13-28(14-10-26)30-17-19-32(20-18-30)34(36)37-33-23-21-31(22-24-33)29-15-11-27(25-35)12-16-29/h11-12,15-24,26,28H,2-10,13-14H2,1H3. The van der Waals surface area contributed by atoms with Gasteiger partial charge in [0.25, 0.3) is 0 Å². The summed E-state index contributed by atoms with van der Waals surface area (Å²) in [6.07, 6.45) is 14.9. The quantitative estimate of drug-likeness (QED) is 0.152. The maximum atomic E-state index is 12.7. The highest BCUT2D eigenvalue weighted by molar-refractivity contribution is 5.91. The summed E-state index contributed by atoms with van der Waals surface area (Å²) in [6.45, 7) is 2.28. The van der Waals surface area contributed by atoms with Crippen LogP contribution in [-0.4, -0.2) is 5.97 Å². The second-order valence-corrected chi connectivity index (χ2v) is 10.5. The van der Waals surface area contributed by atoms with E-state index in [9.17, 15) is 4.79 Å². The third kappa shape index (κ3) is 7.80. The van der Waals surface area contributed by atoms with Gasteiger partial charge < -0.3 is 4.74 Å². The van der Waals surface area contributed by atoms with Crippen molar-refractivity contribution in [3.05, 3.63) is 89.5 Å². The minimum atomic E-state index is -0.333. The average Bonchev–Trinajstić information content (AvgIpc) is 2.96. The molecule has 3 aromatic carbocycles. The summed E-state index contributed by atoms with van der Waals surface area (Å²) in [7, 11) is 0. The predicted octanol–water partition coefficient (Wildman–Crippen LogP) is 9.47. The van der Waals surface area contributed by atoms with Gasteiger partial charge in [-0.1, -0.05) is 88.3 Å². The Hall–Kier alpha value is -3.38. The molecule has 0 saturated heterocycles. The van der Waals surface area contributed by atoms with Crippen LogP contribution in [0.5, 0.6) is 5.75 Å². The molecule has 3 aromatic rings. The zero-order chi connectivity index (χ0) is 25.9. The molecule has 3 heteroatoms. The van der Waals surface area contributed by atoms with Gasteiger partial charge in [-0.3, -0.25) is 0 Å². The number of ether oxygens (including phenoxy) is 1. The van der Waals surface area contributed by atoms with E-state index in [4.69, 9.17) is 10.00 Å². The van der Waals surface area contributed by atoms with Crippen LogP contribution in [-0.2, 0) is 0 Å². The van der Waals surface area contributed by atoms with Gasteiger partial charge in [0.15, 0.2) is 0 Å². The zero-order valence-electron chi connectivity index (χ0n) is 22.1. The lowest BCUT2D eigenvalue weighted by Gasteiger charge is -2.29. The van der Waals surface area contributed by atoms with Crippen molar-refractivity contribution >= 4 is 5.97 Å². The van der Waals surface area contributed by atoms with Crippen LogP contribution in [0.2, 0.25) is 0 Å². The molecule has 0 bridgehead atoms. The third-order valence-corrected chi connectivity index (χ3v) is 7.84. The minimum Gasteiger partial charge on any atom is -0.423 e. The fraction of sp³-hybridized carbons (Fsp3) is 0.412. The number of esters is 1. The number of carbonyl (C=O) groups is 1. The van der Waals surface area contributed by atoms with E-state index in [1.54, 1.807) is 12.1 Å². The molecule has 0 unspecified atom stereocenters. The van der Waals surface area contributed by atoms with Crippen LogP contribution in [0.4, 0.5) is 0 Å². The molecule has 3 nitrogen and oxygen atoms in total. The maximum absolute atomic E-state index is 12.7. The molecule has 1 fully saturated rings. The molecular weight excluding hydrogens is 454 g/mol. The maximum Gasteiger partial charge on any atom is 0.343 e. The van der Waals surface area contributed by atoms with E-state index >= 15 is 0 Å². The van der Waals surface area contributed by atoms with Crippen LogP contribution in [0.3, 0.4) is 0 Å². The van der Waals surface area contributed by atoms with Crippen molar-refractivity contribution in [2.75, 3.05) is 0 Å². The summed E-state index contributed by atoms with van der Waals surface area (Å²) < 4.78 is 5.61. The van der Waals surface area contributed by atoms with Gasteiger partial charge in [0, 0.05) is 0 Å². The van der Waals surface area contributed by atoms with Gasteiger partial charge in [-0.15, -0.1) is 0 Å². The smallest absolute Gasteiger partial charge is 0.343 e. The number of hydrogen-bond acceptors (Lipinski definition) is 3. The Bertz CT molecular complexity index is 1150. The van der Waals surface area contributed by atoms with Crippen molar-refractivity contribution in [3.63, 3.8) is 0 Å². The lowest BCUT2D eigenvalue weighted by atomic mass is 9.77. The van der Waals surface area contributed by atoms with Crippen molar-refractivity contribution in [2.24, 2.45) is 5.92 Å². The Morgan fingerprint density at radius 3 is 2.00 bits per heavy atom. The van der Waals surface area contributed by atoms with Gasteiger partial charge in [0.05, 0.1) is 17.2 Å². The molecule has 37 heavy (non-hydrogen) atoms. The highest BCUT2D eigenvalue weighted by Crippen LogP contribution is 2.38. The molecule has 0 radical (unpaired) electrons. The lowest BCUT2D eigenvalue weighted by molar-refractivity contribution is 0.0734. The highest BCUT2D eigenvalue weighted by Gasteiger charge is 2.22. The highest BCUT2D eigenvalue weighted by atomic mass is 16.5. The SMILES string of the molecule is CCCCCCCCC1CCC(c2ccc(C(=O)Oc3ccc(-c4ccc(C#N)cc4)cc3)cc2)CC1. The lowest BCUT2D eigenvalue weighted by Crippen LogP contribution is -2.14. The number of unbranched alkanes of at least 4 members (excludes halogenated alkanes) is 5. The van der Waals surface area contributed by atoms with Gasteiger partial charge in [0.2, 0.25) is 0 Å². The van der Waals surface area contributed by atoms with Crippen molar-refractivity contribution in [1.82, 2.24) is 0 Å². The monoisotopic (exact) mass is 493 g/mol. The Labute approximate surface area is 222 Å². The number of benzene rings is 3. The van der Waals surface area contributed by atoms with E-state index in [-0.39, 0.29) is 5.97 Å². The number of hydrogen-bond donors (Lipinski definition) is 0. The summed E-state index contributed by atoms with van der Waals surface area (Å²) in [4.78, 5) is 12.7. The Morgan fingerprint density at radius 2 is 1.38 bits per heavy atom. The van der Waals surface area contributed by atoms with E-state index in [2.05, 4.69) is 25.1 Å². The van der Waals surface area contributed by atoms with Crippen LogP contribution in [0.25, 0.3) is 11.1 Å². The van der Waals surface area contributed by atoms with Gasteiger partial charge in [0.1, 0.15) is 5.75 Å². The van der Waals surface area contributed by atoms with E-state index in [0.717, 1.165) is 17.0 Å². The molecule has 0 heterocycles. The van der Waals surface area contributed by atoms with Crippen molar-refractivity contribution in [2.45, 2.75) is 83.5 Å². The number of carbonyl (C=O) groups excluding carboxylic acids is 1. The Morgan fingerprint density at radius 1 is 0.784 bits per heavy atom. The number of nitrogens with zero attached hydrogens (tertiary/aromatic N) is 1. The van der Waals surface area contributed by atoms with Crippen LogP contribution in [0.15, 0.2) is 72.8 Å². The zero-order valence-corrected chi connectivity index (χ0v) is 22.1. The van der Waals surface area contributed by atoms with Crippen LogP contribution in [0, 0.1) is 17.2 Å². The fourth-order valence-electron chi connectivity index (χ4n) is 5.51. The van der Waals surface area contributed by atoms with Crippen molar-refractivity contribution < 1.29 is 9.53 Å². The molecule has 1 aliphatic rings. The van der Waals surface area contributed by atoms with Crippen LogP contribution < -0.4 is 4.74 Å². The molecule has 192 valence electrons. The van der Waals surface area contributed by atoms with E-state index < -0.39 is 0 Å². The third-order valence-electron chi connectivity index (χ3n) is 7.84. The second kappa shape index (κ2) is 13.8. The molecule has 0 N–H and O–H groups in total. The van der Waals surface area contributed by atoms with Gasteiger partial charge in [-0.05, 0) is 90.6 Å². The topological polar surface area (TPSA) is 50.1 Å². The van der Waals surface area contributed by atoms with Gasteiger partial charge in [-0.2, -0.15) is 5.26 Å².